The highest BCUT2D eigenvalue weighted by molar-refractivity contribution is 7.99. The zero-order valence-electron chi connectivity index (χ0n) is 18.4. The van der Waals surface area contributed by atoms with Crippen molar-refractivity contribution in [3.05, 3.63) is 0 Å². The topological polar surface area (TPSA) is 72.4 Å². The molecule has 1 saturated carbocycles. The molecule has 2 saturated heterocycles. The number of nitrogens with zero attached hydrogens (tertiary/aromatic N) is 3. The first kappa shape index (κ1) is 23.1. The Morgan fingerprint density at radius 3 is 2.48 bits per heavy atom. The van der Waals surface area contributed by atoms with Gasteiger partial charge in [-0.1, -0.05) is 12.8 Å². The second-order valence-corrected chi connectivity index (χ2v) is 10.2. The summed E-state index contributed by atoms with van der Waals surface area (Å²) in [6.07, 6.45) is 5.21. The van der Waals surface area contributed by atoms with Crippen molar-refractivity contribution in [1.82, 2.24) is 20.4 Å². The van der Waals surface area contributed by atoms with E-state index < -0.39 is 5.60 Å². The number of aliphatic hydroxyl groups is 1. The molecule has 29 heavy (non-hydrogen) atoms. The van der Waals surface area contributed by atoms with Gasteiger partial charge in [0.15, 0.2) is 5.96 Å². The number of ether oxygens (including phenoxy) is 1. The molecule has 8 heteroatoms. The number of aliphatic imine (C=N–C) groups is 1. The van der Waals surface area contributed by atoms with Gasteiger partial charge in [0.05, 0.1) is 25.4 Å². The molecule has 0 amide bonds. The van der Waals surface area contributed by atoms with E-state index in [1.165, 1.54) is 50.3 Å². The molecule has 3 aliphatic rings. The van der Waals surface area contributed by atoms with E-state index >= 15 is 0 Å². The first-order valence-electron chi connectivity index (χ1n) is 11.4. The summed E-state index contributed by atoms with van der Waals surface area (Å²) < 4.78 is 5.41. The van der Waals surface area contributed by atoms with Gasteiger partial charge in [0.2, 0.25) is 0 Å². The Hall–Kier alpha value is -0.540. The standard InChI is InChI=1S/C21H41N5O2S/c1-3-22-19(23-16-20(2,27)18-25-8-12-28-13-9-25)24-17-21(6-4-5-7-21)26-10-14-29-15-11-26/h27H,3-18H2,1-2H3,(H2,22,23,24). The summed E-state index contributed by atoms with van der Waals surface area (Å²) in [5.74, 6) is 3.33. The van der Waals surface area contributed by atoms with Crippen LogP contribution in [0.5, 0.6) is 0 Å². The molecule has 0 aromatic rings. The number of nitrogens with one attached hydrogen (secondary N) is 2. The molecule has 0 aromatic carbocycles. The molecule has 0 aromatic heterocycles. The third kappa shape index (κ3) is 6.99. The average molecular weight is 428 g/mol. The van der Waals surface area contributed by atoms with Crippen LogP contribution in [-0.2, 0) is 4.74 Å². The van der Waals surface area contributed by atoms with Crippen molar-refractivity contribution in [1.29, 1.82) is 0 Å². The van der Waals surface area contributed by atoms with Crippen molar-refractivity contribution in [2.24, 2.45) is 4.99 Å². The van der Waals surface area contributed by atoms with E-state index in [-0.39, 0.29) is 5.54 Å². The van der Waals surface area contributed by atoms with Gasteiger partial charge in [0.1, 0.15) is 0 Å². The van der Waals surface area contributed by atoms with Crippen molar-refractivity contribution < 1.29 is 9.84 Å². The molecule has 0 radical (unpaired) electrons. The lowest BCUT2D eigenvalue weighted by atomic mass is 9.94. The summed E-state index contributed by atoms with van der Waals surface area (Å²) in [4.78, 5) is 9.74. The maximum absolute atomic E-state index is 10.9. The zero-order chi connectivity index (χ0) is 20.6. The van der Waals surface area contributed by atoms with Gasteiger partial charge in [-0.2, -0.15) is 11.8 Å². The fourth-order valence-corrected chi connectivity index (χ4v) is 5.71. The van der Waals surface area contributed by atoms with Gasteiger partial charge in [-0.3, -0.25) is 14.8 Å². The van der Waals surface area contributed by atoms with Crippen LogP contribution in [0.4, 0.5) is 0 Å². The monoisotopic (exact) mass is 427 g/mol. The zero-order valence-corrected chi connectivity index (χ0v) is 19.2. The van der Waals surface area contributed by atoms with E-state index in [0.29, 0.717) is 13.1 Å². The second kappa shape index (κ2) is 11.2. The Morgan fingerprint density at radius 2 is 1.83 bits per heavy atom. The van der Waals surface area contributed by atoms with E-state index in [1.54, 1.807) is 0 Å². The molecule has 168 valence electrons. The molecule has 0 bridgehead atoms. The number of thioether (sulfide) groups is 1. The maximum atomic E-state index is 10.9. The largest absolute Gasteiger partial charge is 0.387 e. The Morgan fingerprint density at radius 1 is 1.14 bits per heavy atom. The molecule has 1 atom stereocenters. The Labute approximate surface area is 181 Å². The number of β-amino-alcohol motifs (C(OH)–C–C–N with tert-alkyl or cyclic N) is 1. The predicted octanol–water partition coefficient (Wildman–Crippen LogP) is 0.986. The van der Waals surface area contributed by atoms with Gasteiger partial charge < -0.3 is 20.5 Å². The average Bonchev–Trinajstić information content (AvgIpc) is 3.21. The van der Waals surface area contributed by atoms with Gasteiger partial charge in [0.25, 0.3) is 0 Å². The van der Waals surface area contributed by atoms with Gasteiger partial charge in [-0.15, -0.1) is 0 Å². The van der Waals surface area contributed by atoms with E-state index in [0.717, 1.165) is 45.4 Å². The van der Waals surface area contributed by atoms with Crippen LogP contribution in [0.15, 0.2) is 4.99 Å². The Balaban J connectivity index is 1.56. The number of morpholine rings is 1. The van der Waals surface area contributed by atoms with Crippen molar-refractivity contribution in [3.63, 3.8) is 0 Å². The highest BCUT2D eigenvalue weighted by Crippen LogP contribution is 2.36. The first-order valence-corrected chi connectivity index (χ1v) is 12.6. The summed E-state index contributed by atoms with van der Waals surface area (Å²) >= 11 is 2.08. The van der Waals surface area contributed by atoms with Crippen molar-refractivity contribution in [2.45, 2.75) is 50.7 Å². The molecule has 3 rings (SSSR count). The normalized spacial score (nSPS) is 26.2. The summed E-state index contributed by atoms with van der Waals surface area (Å²) in [7, 11) is 0. The fraction of sp³-hybridized carbons (Fsp3) is 0.952. The minimum atomic E-state index is -0.838. The summed E-state index contributed by atoms with van der Waals surface area (Å²) in [6.45, 7) is 12.4. The smallest absolute Gasteiger partial charge is 0.191 e. The van der Waals surface area contributed by atoms with Gasteiger partial charge in [-0.05, 0) is 26.7 Å². The molecule has 2 heterocycles. The minimum Gasteiger partial charge on any atom is -0.387 e. The third-order valence-electron chi connectivity index (χ3n) is 6.39. The SMILES string of the molecule is CCNC(=NCC(C)(O)CN1CCOCC1)NCC1(N2CCSCC2)CCCC1. The van der Waals surface area contributed by atoms with Gasteiger partial charge >= 0.3 is 0 Å². The van der Waals surface area contributed by atoms with Gasteiger partial charge in [-0.25, -0.2) is 0 Å². The number of hydrogen-bond acceptors (Lipinski definition) is 6. The van der Waals surface area contributed by atoms with Crippen LogP contribution < -0.4 is 10.6 Å². The number of guanidine groups is 1. The van der Waals surface area contributed by atoms with Crippen molar-refractivity contribution >= 4 is 17.7 Å². The van der Waals surface area contributed by atoms with Crippen LogP contribution >= 0.6 is 11.8 Å². The van der Waals surface area contributed by atoms with Crippen molar-refractivity contribution in [3.8, 4) is 0 Å². The molecule has 3 fully saturated rings. The molecular weight excluding hydrogens is 386 g/mol. The van der Waals surface area contributed by atoms with Crippen molar-refractivity contribution in [2.75, 3.05) is 77.1 Å². The van der Waals surface area contributed by atoms with Crippen LogP contribution in [0.2, 0.25) is 0 Å². The second-order valence-electron chi connectivity index (χ2n) is 8.97. The summed E-state index contributed by atoms with van der Waals surface area (Å²) in [6, 6.07) is 0. The molecule has 7 nitrogen and oxygen atoms in total. The molecule has 1 aliphatic carbocycles. The van der Waals surface area contributed by atoms with Crippen LogP contribution in [0.3, 0.4) is 0 Å². The lowest BCUT2D eigenvalue weighted by molar-refractivity contribution is -0.0180. The highest BCUT2D eigenvalue weighted by atomic mass is 32.2. The molecule has 1 unspecified atom stereocenters. The van der Waals surface area contributed by atoms with Crippen LogP contribution in [0, 0.1) is 0 Å². The fourth-order valence-electron chi connectivity index (χ4n) is 4.81. The number of rotatable bonds is 8. The van der Waals surface area contributed by atoms with E-state index in [2.05, 4.69) is 39.1 Å². The quantitative estimate of drug-likeness (QED) is 0.394. The lowest BCUT2D eigenvalue weighted by Crippen LogP contribution is -2.57. The van der Waals surface area contributed by atoms with Crippen LogP contribution in [0.25, 0.3) is 0 Å². The third-order valence-corrected chi connectivity index (χ3v) is 7.33. The van der Waals surface area contributed by atoms with Crippen LogP contribution in [0.1, 0.15) is 39.5 Å². The number of hydrogen-bond donors (Lipinski definition) is 3. The molecular formula is C21H41N5O2S. The minimum absolute atomic E-state index is 0.271. The van der Waals surface area contributed by atoms with Gasteiger partial charge in [0, 0.05) is 62.9 Å². The Kier molecular flexibility index (Phi) is 8.92. The molecule has 3 N–H and O–H groups in total. The molecule has 0 spiro atoms. The summed E-state index contributed by atoms with van der Waals surface area (Å²) in [5.41, 5.74) is -0.567. The van der Waals surface area contributed by atoms with E-state index in [1.807, 2.05) is 6.92 Å². The molecule has 2 aliphatic heterocycles. The summed E-state index contributed by atoms with van der Waals surface area (Å²) in [5, 5.41) is 17.9. The maximum Gasteiger partial charge on any atom is 0.191 e. The van der Waals surface area contributed by atoms with E-state index in [4.69, 9.17) is 9.73 Å². The Bertz CT molecular complexity index is 513. The van der Waals surface area contributed by atoms with Crippen LogP contribution in [-0.4, -0.2) is 109 Å². The predicted molar refractivity (Wildman–Crippen MR) is 122 cm³/mol. The lowest BCUT2D eigenvalue weighted by Gasteiger charge is -2.43. The highest BCUT2D eigenvalue weighted by Gasteiger charge is 2.40. The first-order chi connectivity index (χ1) is 14.0. The van der Waals surface area contributed by atoms with E-state index in [9.17, 15) is 5.11 Å².